The lowest BCUT2D eigenvalue weighted by atomic mass is 9.81. The van der Waals surface area contributed by atoms with Gasteiger partial charge in [-0.15, -0.1) is 0 Å². The maximum absolute atomic E-state index is 5.38. The van der Waals surface area contributed by atoms with Crippen LogP contribution in [0.25, 0.3) is 104 Å². The lowest BCUT2D eigenvalue weighted by molar-refractivity contribution is 0.662. The van der Waals surface area contributed by atoms with Crippen molar-refractivity contribution in [3.63, 3.8) is 0 Å². The monoisotopic (exact) mass is 713 g/mol. The first kappa shape index (κ1) is 31.3. The van der Waals surface area contributed by atoms with Crippen LogP contribution in [0.4, 0.5) is 0 Å². The summed E-state index contributed by atoms with van der Waals surface area (Å²) in [5.41, 5.74) is 12.8. The van der Waals surface area contributed by atoms with E-state index in [4.69, 9.17) is 9.97 Å². The molecule has 0 amide bonds. The van der Waals surface area contributed by atoms with E-state index in [2.05, 4.69) is 194 Å². The first-order valence-corrected chi connectivity index (χ1v) is 19.4. The Balaban J connectivity index is 1.12. The molecule has 0 N–H and O–H groups in total. The van der Waals surface area contributed by atoms with E-state index in [-0.39, 0.29) is 5.41 Å². The molecule has 0 fully saturated rings. The summed E-state index contributed by atoms with van der Waals surface area (Å²) in [6, 6.07) is 64.0. The highest BCUT2D eigenvalue weighted by atomic mass is 15.0. The van der Waals surface area contributed by atoms with Crippen molar-refractivity contribution in [2.75, 3.05) is 0 Å². The standard InChI is InChI=1S/C53H35N3/c1-53(2)45-29-35-18-7-6-17-34(35)28-42(45)43-30-44-39-22-12-13-23-47(39)56(49(44)31-46(43)53)48-27-26-40(37-20-10-11-21-38(37)48)52-54-50(33-15-4-3-5-16-33)41-25-24-32-14-8-9-19-36(32)51(41)55-52/h3-31H,1-2H3. The molecular formula is C53H35N3. The van der Waals surface area contributed by atoms with Gasteiger partial charge in [0.1, 0.15) is 0 Å². The van der Waals surface area contributed by atoms with Gasteiger partial charge in [-0.3, -0.25) is 0 Å². The van der Waals surface area contributed by atoms with Crippen LogP contribution in [-0.4, -0.2) is 14.5 Å². The van der Waals surface area contributed by atoms with E-state index in [0.717, 1.165) is 55.4 Å². The zero-order chi connectivity index (χ0) is 37.1. The zero-order valence-electron chi connectivity index (χ0n) is 31.1. The van der Waals surface area contributed by atoms with Crippen LogP contribution in [-0.2, 0) is 5.41 Å². The lowest BCUT2D eigenvalue weighted by Gasteiger charge is -2.22. The molecule has 0 spiro atoms. The molecule has 56 heavy (non-hydrogen) atoms. The second kappa shape index (κ2) is 11.5. The molecule has 0 radical (unpaired) electrons. The fraction of sp³-hybridized carbons (Fsp3) is 0.0566. The highest BCUT2D eigenvalue weighted by Crippen LogP contribution is 2.52. The first-order valence-electron chi connectivity index (χ1n) is 19.4. The lowest BCUT2D eigenvalue weighted by Crippen LogP contribution is -2.15. The molecule has 0 saturated carbocycles. The third kappa shape index (κ3) is 4.34. The summed E-state index contributed by atoms with van der Waals surface area (Å²) in [7, 11) is 0. The highest BCUT2D eigenvalue weighted by molar-refractivity contribution is 6.14. The van der Waals surface area contributed by atoms with Crippen molar-refractivity contribution < 1.29 is 0 Å². The minimum atomic E-state index is -0.149. The summed E-state index contributed by atoms with van der Waals surface area (Å²) in [6.07, 6.45) is 0. The largest absolute Gasteiger partial charge is 0.309 e. The molecule has 262 valence electrons. The maximum Gasteiger partial charge on any atom is 0.161 e. The van der Waals surface area contributed by atoms with E-state index in [1.54, 1.807) is 0 Å². The van der Waals surface area contributed by atoms with Gasteiger partial charge in [-0.25, -0.2) is 9.97 Å². The summed E-state index contributed by atoms with van der Waals surface area (Å²) in [4.78, 5) is 10.7. The van der Waals surface area contributed by atoms with Gasteiger partial charge >= 0.3 is 0 Å². The number of hydrogen-bond donors (Lipinski definition) is 0. The zero-order valence-corrected chi connectivity index (χ0v) is 31.1. The quantitative estimate of drug-likeness (QED) is 0.171. The van der Waals surface area contributed by atoms with Crippen LogP contribution in [0.3, 0.4) is 0 Å². The molecule has 0 aliphatic heterocycles. The molecule has 0 saturated heterocycles. The summed E-state index contributed by atoms with van der Waals surface area (Å²) < 4.78 is 2.48. The van der Waals surface area contributed by atoms with Crippen LogP contribution in [0.2, 0.25) is 0 Å². The highest BCUT2D eigenvalue weighted by Gasteiger charge is 2.37. The van der Waals surface area contributed by atoms with E-state index in [0.29, 0.717) is 0 Å². The number of fused-ring (bicyclic) bond motifs is 11. The third-order valence-corrected chi connectivity index (χ3v) is 12.4. The average Bonchev–Trinajstić information content (AvgIpc) is 3.68. The molecule has 3 nitrogen and oxygen atoms in total. The smallest absolute Gasteiger partial charge is 0.161 e. The van der Waals surface area contributed by atoms with Gasteiger partial charge in [0.15, 0.2) is 5.82 Å². The molecule has 3 heteroatoms. The Kier molecular flexibility index (Phi) is 6.40. The Hall–Kier alpha value is -7.10. The van der Waals surface area contributed by atoms with Gasteiger partial charge in [0.25, 0.3) is 0 Å². The van der Waals surface area contributed by atoms with E-state index in [1.807, 2.05) is 0 Å². The Morgan fingerprint density at radius 3 is 1.88 bits per heavy atom. The maximum atomic E-state index is 5.38. The topological polar surface area (TPSA) is 30.7 Å². The van der Waals surface area contributed by atoms with Crippen molar-refractivity contribution in [2.24, 2.45) is 0 Å². The van der Waals surface area contributed by atoms with E-state index >= 15 is 0 Å². The molecule has 1 aliphatic rings. The minimum Gasteiger partial charge on any atom is -0.309 e. The fourth-order valence-corrected chi connectivity index (χ4v) is 9.61. The Morgan fingerprint density at radius 2 is 1.05 bits per heavy atom. The Bertz CT molecular complexity index is 3440. The molecule has 12 rings (SSSR count). The molecular weight excluding hydrogens is 679 g/mol. The summed E-state index contributed by atoms with van der Waals surface area (Å²) in [6.45, 7) is 4.76. The van der Waals surface area contributed by atoms with Gasteiger partial charge in [0.2, 0.25) is 0 Å². The number of nitrogens with zero attached hydrogens (tertiary/aromatic N) is 3. The number of hydrogen-bond acceptors (Lipinski definition) is 2. The van der Waals surface area contributed by atoms with E-state index in [1.165, 1.54) is 60.2 Å². The Morgan fingerprint density at radius 1 is 0.411 bits per heavy atom. The summed E-state index contributed by atoms with van der Waals surface area (Å²) >= 11 is 0. The van der Waals surface area contributed by atoms with E-state index < -0.39 is 0 Å². The number of rotatable bonds is 3. The molecule has 2 aromatic heterocycles. The molecule has 0 bridgehead atoms. The molecule has 0 unspecified atom stereocenters. The molecule has 9 aromatic carbocycles. The van der Waals surface area contributed by atoms with Crippen molar-refractivity contribution in [1.82, 2.24) is 14.5 Å². The third-order valence-electron chi connectivity index (χ3n) is 12.4. The van der Waals surface area contributed by atoms with Gasteiger partial charge in [0, 0.05) is 43.5 Å². The van der Waals surface area contributed by atoms with Crippen LogP contribution in [0.1, 0.15) is 25.0 Å². The Labute approximate surface area is 324 Å². The van der Waals surface area contributed by atoms with Gasteiger partial charge in [-0.1, -0.05) is 141 Å². The van der Waals surface area contributed by atoms with Crippen LogP contribution >= 0.6 is 0 Å². The van der Waals surface area contributed by atoms with Crippen LogP contribution in [0, 0.1) is 0 Å². The predicted molar refractivity (Wildman–Crippen MR) is 235 cm³/mol. The second-order valence-corrected chi connectivity index (χ2v) is 15.8. The molecule has 11 aromatic rings. The van der Waals surface area contributed by atoms with Gasteiger partial charge in [0.05, 0.1) is 27.9 Å². The van der Waals surface area contributed by atoms with Crippen LogP contribution in [0.5, 0.6) is 0 Å². The molecule has 0 atom stereocenters. The first-order chi connectivity index (χ1) is 27.5. The summed E-state index contributed by atoms with van der Waals surface area (Å²) in [5, 5.41) is 10.7. The normalized spacial score (nSPS) is 13.3. The van der Waals surface area contributed by atoms with Crippen LogP contribution in [0.15, 0.2) is 176 Å². The van der Waals surface area contributed by atoms with Crippen molar-refractivity contribution >= 4 is 65.0 Å². The predicted octanol–water partition coefficient (Wildman–Crippen LogP) is 13.8. The van der Waals surface area contributed by atoms with Gasteiger partial charge in [-0.2, -0.15) is 0 Å². The molecule has 2 heterocycles. The number of benzene rings is 9. The van der Waals surface area contributed by atoms with Crippen molar-refractivity contribution in [3.05, 3.63) is 187 Å². The fourth-order valence-electron chi connectivity index (χ4n) is 9.61. The molecule has 1 aliphatic carbocycles. The van der Waals surface area contributed by atoms with Crippen molar-refractivity contribution in [2.45, 2.75) is 19.3 Å². The minimum absolute atomic E-state index is 0.149. The van der Waals surface area contributed by atoms with Crippen LogP contribution < -0.4 is 0 Å². The number of aromatic nitrogens is 3. The van der Waals surface area contributed by atoms with Gasteiger partial charge in [-0.05, 0) is 92.3 Å². The summed E-state index contributed by atoms with van der Waals surface area (Å²) in [5.74, 6) is 0.724. The number of para-hydroxylation sites is 1. The SMILES string of the molecule is CC1(C)c2cc3ccccc3cc2-c2cc3c4ccccc4n(-c4ccc(-c5nc(-c6ccccc6)c6ccc7ccccc7c6n5)c5ccccc45)c3cc21. The van der Waals surface area contributed by atoms with Gasteiger partial charge < -0.3 is 4.57 Å². The average molecular weight is 714 g/mol. The van der Waals surface area contributed by atoms with Crippen molar-refractivity contribution in [3.8, 4) is 39.5 Å². The van der Waals surface area contributed by atoms with Crippen molar-refractivity contribution in [1.29, 1.82) is 0 Å². The second-order valence-electron chi connectivity index (χ2n) is 15.8. The van der Waals surface area contributed by atoms with E-state index in [9.17, 15) is 0 Å².